The summed E-state index contributed by atoms with van der Waals surface area (Å²) in [5.74, 6) is -1.47. The third-order valence-corrected chi connectivity index (χ3v) is 6.80. The van der Waals surface area contributed by atoms with Gasteiger partial charge in [-0.2, -0.15) is 14.6 Å². The molecule has 11 nitrogen and oxygen atoms in total. The SMILES string of the molecule is CC(=O)N(C(C)=O)C1CCC(CNC(=O)c2cc(C(=O)NCc3ccc(F)c(C)c3)nc3ncnn23)CC1. The molecule has 0 spiro atoms. The number of amides is 4. The molecule has 200 valence electrons. The number of rotatable bonds is 7. The maximum Gasteiger partial charge on any atom is 0.270 e. The Morgan fingerprint density at radius 2 is 1.74 bits per heavy atom. The van der Waals surface area contributed by atoms with Gasteiger partial charge in [-0.15, -0.1) is 0 Å². The van der Waals surface area contributed by atoms with Crippen molar-refractivity contribution in [3.05, 3.63) is 58.9 Å². The van der Waals surface area contributed by atoms with Crippen molar-refractivity contribution in [2.75, 3.05) is 6.54 Å². The van der Waals surface area contributed by atoms with E-state index in [0.717, 1.165) is 18.4 Å². The first-order valence-corrected chi connectivity index (χ1v) is 12.5. The number of aromatic nitrogens is 4. The van der Waals surface area contributed by atoms with Crippen molar-refractivity contribution in [3.63, 3.8) is 0 Å². The van der Waals surface area contributed by atoms with Crippen LogP contribution in [-0.4, -0.2) is 60.7 Å². The monoisotopic (exact) mass is 523 g/mol. The molecule has 1 aromatic carbocycles. The van der Waals surface area contributed by atoms with E-state index in [-0.39, 0.29) is 53.3 Å². The maximum atomic E-state index is 13.5. The molecule has 1 aliphatic carbocycles. The van der Waals surface area contributed by atoms with Crippen molar-refractivity contribution < 1.29 is 23.6 Å². The fourth-order valence-electron chi connectivity index (χ4n) is 4.85. The quantitative estimate of drug-likeness (QED) is 0.484. The minimum atomic E-state index is -0.509. The number of nitrogens with one attached hydrogen (secondary N) is 2. The number of imide groups is 1. The highest BCUT2D eigenvalue weighted by atomic mass is 19.1. The van der Waals surface area contributed by atoms with Gasteiger partial charge in [0.05, 0.1) is 0 Å². The molecule has 3 aromatic rings. The van der Waals surface area contributed by atoms with E-state index in [1.54, 1.807) is 19.1 Å². The highest BCUT2D eigenvalue weighted by Crippen LogP contribution is 2.27. The van der Waals surface area contributed by atoms with Crippen LogP contribution < -0.4 is 10.6 Å². The van der Waals surface area contributed by atoms with Crippen LogP contribution in [0.2, 0.25) is 0 Å². The van der Waals surface area contributed by atoms with Gasteiger partial charge in [-0.3, -0.25) is 24.1 Å². The van der Waals surface area contributed by atoms with Gasteiger partial charge in [-0.1, -0.05) is 12.1 Å². The summed E-state index contributed by atoms with van der Waals surface area (Å²) in [6, 6.07) is 5.81. The number of hydrogen-bond donors (Lipinski definition) is 2. The Morgan fingerprint density at radius 1 is 1.03 bits per heavy atom. The molecule has 4 amide bonds. The number of benzene rings is 1. The average molecular weight is 524 g/mol. The van der Waals surface area contributed by atoms with E-state index in [2.05, 4.69) is 25.7 Å². The van der Waals surface area contributed by atoms with Crippen LogP contribution in [-0.2, 0) is 16.1 Å². The summed E-state index contributed by atoms with van der Waals surface area (Å²) in [6.45, 7) is 4.99. The molecule has 38 heavy (non-hydrogen) atoms. The lowest BCUT2D eigenvalue weighted by atomic mass is 9.85. The van der Waals surface area contributed by atoms with Crippen molar-refractivity contribution in [3.8, 4) is 0 Å². The van der Waals surface area contributed by atoms with Gasteiger partial charge < -0.3 is 10.6 Å². The molecule has 4 rings (SSSR count). The first kappa shape index (κ1) is 26.8. The molecular weight excluding hydrogens is 493 g/mol. The predicted octanol–water partition coefficient (Wildman–Crippen LogP) is 2.19. The van der Waals surface area contributed by atoms with Crippen LogP contribution in [0, 0.1) is 18.7 Å². The van der Waals surface area contributed by atoms with Gasteiger partial charge in [-0.25, -0.2) is 9.37 Å². The van der Waals surface area contributed by atoms with E-state index < -0.39 is 11.8 Å². The Balaban J connectivity index is 1.39. The number of carbonyl (C=O) groups is 4. The normalized spacial score (nSPS) is 17.2. The summed E-state index contributed by atoms with van der Waals surface area (Å²) >= 11 is 0. The van der Waals surface area contributed by atoms with Gasteiger partial charge in [0.25, 0.3) is 17.6 Å². The van der Waals surface area contributed by atoms with Gasteiger partial charge >= 0.3 is 0 Å². The van der Waals surface area contributed by atoms with Crippen molar-refractivity contribution in [1.29, 1.82) is 0 Å². The maximum absolute atomic E-state index is 13.5. The van der Waals surface area contributed by atoms with Gasteiger partial charge in [0.2, 0.25) is 11.8 Å². The second-order valence-corrected chi connectivity index (χ2v) is 9.56. The van der Waals surface area contributed by atoms with Gasteiger partial charge in [0.15, 0.2) is 0 Å². The topological polar surface area (TPSA) is 139 Å². The Bertz CT molecular complexity index is 1370. The van der Waals surface area contributed by atoms with Crippen LogP contribution in [0.5, 0.6) is 0 Å². The third kappa shape index (κ3) is 6.01. The minimum Gasteiger partial charge on any atom is -0.350 e. The average Bonchev–Trinajstić information content (AvgIpc) is 3.36. The largest absolute Gasteiger partial charge is 0.350 e. The lowest BCUT2D eigenvalue weighted by Crippen LogP contribution is -2.45. The molecule has 0 bridgehead atoms. The zero-order chi connectivity index (χ0) is 27.4. The van der Waals surface area contributed by atoms with Gasteiger partial charge in [0.1, 0.15) is 23.5 Å². The molecule has 1 aliphatic rings. The minimum absolute atomic E-state index is 0.00329. The lowest BCUT2D eigenvalue weighted by Gasteiger charge is -2.34. The first-order valence-electron chi connectivity index (χ1n) is 12.5. The van der Waals surface area contributed by atoms with Crippen LogP contribution in [0.4, 0.5) is 4.39 Å². The molecule has 2 heterocycles. The van der Waals surface area contributed by atoms with E-state index in [9.17, 15) is 23.6 Å². The van der Waals surface area contributed by atoms with Crippen LogP contribution >= 0.6 is 0 Å². The third-order valence-electron chi connectivity index (χ3n) is 6.80. The lowest BCUT2D eigenvalue weighted by molar-refractivity contribution is -0.145. The van der Waals surface area contributed by atoms with Crippen LogP contribution in [0.3, 0.4) is 0 Å². The summed E-state index contributed by atoms with van der Waals surface area (Å²) in [5, 5.41) is 9.69. The standard InChI is InChI=1S/C26H30FN7O4/c1-15-10-19(6-9-21(15)27)13-28-24(37)22-11-23(34-26(32-22)30-14-31-34)25(38)29-12-18-4-7-20(8-5-18)33(16(2)35)17(3)36/h6,9-11,14,18,20H,4-5,7-8,12-13H2,1-3H3,(H,28,37)(H,29,38). The zero-order valence-electron chi connectivity index (χ0n) is 21.5. The smallest absolute Gasteiger partial charge is 0.270 e. The first-order chi connectivity index (χ1) is 18.1. The highest BCUT2D eigenvalue weighted by molar-refractivity contribution is 5.98. The van der Waals surface area contributed by atoms with E-state index in [4.69, 9.17) is 0 Å². The van der Waals surface area contributed by atoms with E-state index in [0.29, 0.717) is 24.9 Å². The summed E-state index contributed by atoms with van der Waals surface area (Å²) in [7, 11) is 0. The van der Waals surface area contributed by atoms with Gasteiger partial charge in [-0.05, 0) is 55.7 Å². The summed E-state index contributed by atoms with van der Waals surface area (Å²) in [4.78, 5) is 59.1. The molecule has 0 radical (unpaired) electrons. The molecule has 0 atom stereocenters. The Labute approximate surface area is 218 Å². The molecule has 2 N–H and O–H groups in total. The Morgan fingerprint density at radius 3 is 2.39 bits per heavy atom. The van der Waals surface area contributed by atoms with E-state index in [1.165, 1.54) is 41.7 Å². The van der Waals surface area contributed by atoms with Crippen LogP contribution in [0.1, 0.15) is 71.6 Å². The fourth-order valence-corrected chi connectivity index (χ4v) is 4.85. The van der Waals surface area contributed by atoms with Gasteiger partial charge in [0, 0.05) is 39.0 Å². The van der Waals surface area contributed by atoms with Crippen molar-refractivity contribution in [2.24, 2.45) is 5.92 Å². The number of halogens is 1. The van der Waals surface area contributed by atoms with E-state index in [1.807, 2.05) is 0 Å². The molecule has 1 fully saturated rings. The number of fused-ring (bicyclic) bond motifs is 1. The second kappa shape index (κ2) is 11.4. The predicted molar refractivity (Wildman–Crippen MR) is 134 cm³/mol. The summed E-state index contributed by atoms with van der Waals surface area (Å²) < 4.78 is 14.8. The van der Waals surface area contributed by atoms with Crippen LogP contribution in [0.15, 0.2) is 30.6 Å². The van der Waals surface area contributed by atoms with E-state index >= 15 is 0 Å². The molecule has 0 saturated heterocycles. The summed E-state index contributed by atoms with van der Waals surface area (Å²) in [5.41, 5.74) is 1.32. The highest BCUT2D eigenvalue weighted by Gasteiger charge is 2.30. The fraction of sp³-hybridized carbons (Fsp3) is 0.423. The Kier molecular flexibility index (Phi) is 8.08. The number of carbonyl (C=O) groups excluding carboxylic acids is 4. The number of hydrogen-bond acceptors (Lipinski definition) is 7. The number of aryl methyl sites for hydroxylation is 1. The molecule has 1 saturated carbocycles. The Hall–Kier alpha value is -4.22. The van der Waals surface area contributed by atoms with Crippen molar-refractivity contribution in [2.45, 2.75) is 59.0 Å². The molecular formula is C26H30FN7O4. The van der Waals surface area contributed by atoms with Crippen LogP contribution in [0.25, 0.3) is 5.78 Å². The molecule has 2 aromatic heterocycles. The zero-order valence-corrected chi connectivity index (χ0v) is 21.5. The summed E-state index contributed by atoms with van der Waals surface area (Å²) in [6.07, 6.45) is 4.13. The molecule has 0 aliphatic heterocycles. The molecule has 0 unspecified atom stereocenters. The van der Waals surface area contributed by atoms with Crippen molar-refractivity contribution in [1.82, 2.24) is 35.1 Å². The number of nitrogens with zero attached hydrogens (tertiary/aromatic N) is 5. The molecule has 12 heteroatoms. The van der Waals surface area contributed by atoms with Crippen molar-refractivity contribution >= 4 is 29.4 Å². The second-order valence-electron chi connectivity index (χ2n) is 9.56.